The van der Waals surface area contributed by atoms with Gasteiger partial charge in [-0.15, -0.1) is 0 Å². The average molecular weight is 247 g/mol. The van der Waals surface area contributed by atoms with E-state index in [1.165, 1.54) is 0 Å². The summed E-state index contributed by atoms with van der Waals surface area (Å²) in [4.78, 5) is 11.3. The van der Waals surface area contributed by atoms with E-state index in [2.05, 4.69) is 5.32 Å². The van der Waals surface area contributed by atoms with Crippen molar-refractivity contribution in [2.45, 2.75) is 19.4 Å². The molecule has 0 radical (unpaired) electrons. The molecule has 0 heterocycles. The molecule has 0 spiro atoms. The number of amides is 1. The number of hydrogen-bond donors (Lipinski definition) is 2. The van der Waals surface area contributed by atoms with E-state index in [0.29, 0.717) is 18.7 Å². The van der Waals surface area contributed by atoms with Gasteiger partial charge in [-0.25, -0.2) is 0 Å². The Bertz CT molecular complexity index is 421. The standard InChI is InChI=1S/C13H17N3O2/c1-10(15)11-3-5-12(6-4-11)18-9-13(17)16-8-2-7-14/h3-6,10H,2,8-9,15H2,1H3,(H,16,17)/t10-/m0/s1. The Hall–Kier alpha value is -2.06. The summed E-state index contributed by atoms with van der Waals surface area (Å²) >= 11 is 0. The molecule has 1 aromatic rings. The van der Waals surface area contributed by atoms with Crippen LogP contribution < -0.4 is 15.8 Å². The number of ether oxygens (including phenoxy) is 1. The number of hydrogen-bond acceptors (Lipinski definition) is 4. The van der Waals surface area contributed by atoms with E-state index in [0.717, 1.165) is 5.56 Å². The van der Waals surface area contributed by atoms with Crippen molar-refractivity contribution in [3.63, 3.8) is 0 Å². The van der Waals surface area contributed by atoms with Crippen LogP contribution in [0.5, 0.6) is 5.75 Å². The molecule has 0 fully saturated rings. The third-order valence-electron chi connectivity index (χ3n) is 2.33. The lowest BCUT2D eigenvalue weighted by atomic mass is 10.1. The minimum Gasteiger partial charge on any atom is -0.484 e. The van der Waals surface area contributed by atoms with Crippen LogP contribution in [0, 0.1) is 11.3 Å². The van der Waals surface area contributed by atoms with Crippen LogP contribution in [-0.4, -0.2) is 19.1 Å². The Morgan fingerprint density at radius 2 is 2.17 bits per heavy atom. The molecule has 5 nitrogen and oxygen atoms in total. The minimum absolute atomic E-state index is 0.0201. The van der Waals surface area contributed by atoms with Gasteiger partial charge in [0.25, 0.3) is 5.91 Å². The lowest BCUT2D eigenvalue weighted by Crippen LogP contribution is -2.29. The number of nitrogens with zero attached hydrogens (tertiary/aromatic N) is 1. The van der Waals surface area contributed by atoms with E-state index < -0.39 is 0 Å². The highest BCUT2D eigenvalue weighted by molar-refractivity contribution is 5.77. The van der Waals surface area contributed by atoms with Gasteiger partial charge in [0.2, 0.25) is 0 Å². The van der Waals surface area contributed by atoms with Gasteiger partial charge >= 0.3 is 0 Å². The van der Waals surface area contributed by atoms with E-state index >= 15 is 0 Å². The van der Waals surface area contributed by atoms with Crippen molar-refractivity contribution >= 4 is 5.91 Å². The molecule has 96 valence electrons. The summed E-state index contributed by atoms with van der Waals surface area (Å²) in [6.07, 6.45) is 0.300. The largest absolute Gasteiger partial charge is 0.484 e. The van der Waals surface area contributed by atoms with E-state index in [1.807, 2.05) is 25.1 Å². The molecule has 1 rings (SSSR count). The number of carbonyl (C=O) groups excluding carboxylic acids is 1. The first-order valence-corrected chi connectivity index (χ1v) is 5.75. The maximum Gasteiger partial charge on any atom is 0.257 e. The van der Waals surface area contributed by atoms with Gasteiger partial charge in [0.05, 0.1) is 12.5 Å². The van der Waals surface area contributed by atoms with E-state index in [4.69, 9.17) is 15.7 Å². The van der Waals surface area contributed by atoms with Crippen molar-refractivity contribution in [3.8, 4) is 11.8 Å². The quantitative estimate of drug-likeness (QED) is 0.737. The highest BCUT2D eigenvalue weighted by atomic mass is 16.5. The number of nitrogens with two attached hydrogens (primary N) is 1. The number of rotatable bonds is 6. The summed E-state index contributed by atoms with van der Waals surface area (Å²) in [5.74, 6) is 0.386. The van der Waals surface area contributed by atoms with Crippen molar-refractivity contribution in [1.29, 1.82) is 5.26 Å². The van der Waals surface area contributed by atoms with Crippen LogP contribution in [0.25, 0.3) is 0 Å². The first-order chi connectivity index (χ1) is 8.63. The van der Waals surface area contributed by atoms with Gasteiger partial charge in [-0.2, -0.15) is 5.26 Å². The molecular formula is C13H17N3O2. The summed E-state index contributed by atoms with van der Waals surface area (Å²) in [7, 11) is 0. The monoisotopic (exact) mass is 247 g/mol. The SMILES string of the molecule is C[C@H](N)c1ccc(OCC(=O)NCCC#N)cc1. The highest BCUT2D eigenvalue weighted by Crippen LogP contribution is 2.15. The molecule has 0 aliphatic heterocycles. The smallest absolute Gasteiger partial charge is 0.257 e. The number of nitriles is 1. The van der Waals surface area contributed by atoms with Gasteiger partial charge < -0.3 is 15.8 Å². The van der Waals surface area contributed by atoms with Crippen LogP contribution >= 0.6 is 0 Å². The second-order valence-corrected chi connectivity index (χ2v) is 3.90. The third-order valence-corrected chi connectivity index (χ3v) is 2.33. The van der Waals surface area contributed by atoms with Gasteiger partial charge in [0.1, 0.15) is 5.75 Å². The second-order valence-electron chi connectivity index (χ2n) is 3.90. The Morgan fingerprint density at radius 3 is 2.72 bits per heavy atom. The maximum absolute atomic E-state index is 11.3. The Morgan fingerprint density at radius 1 is 1.50 bits per heavy atom. The summed E-state index contributed by atoms with van der Waals surface area (Å²) in [6, 6.07) is 9.22. The molecule has 0 aliphatic rings. The van der Waals surface area contributed by atoms with Crippen molar-refractivity contribution in [2.24, 2.45) is 5.73 Å². The first-order valence-electron chi connectivity index (χ1n) is 5.75. The molecule has 1 amide bonds. The van der Waals surface area contributed by atoms with Crippen molar-refractivity contribution in [1.82, 2.24) is 5.32 Å². The molecule has 1 aromatic carbocycles. The van der Waals surface area contributed by atoms with Gasteiger partial charge in [-0.3, -0.25) is 4.79 Å². The fraction of sp³-hybridized carbons (Fsp3) is 0.385. The summed E-state index contributed by atoms with van der Waals surface area (Å²) in [5.41, 5.74) is 6.74. The van der Waals surface area contributed by atoms with Crippen molar-refractivity contribution in [2.75, 3.05) is 13.2 Å². The van der Waals surface area contributed by atoms with Crippen molar-refractivity contribution < 1.29 is 9.53 Å². The van der Waals surface area contributed by atoms with Gasteiger partial charge in [-0.05, 0) is 24.6 Å². The highest BCUT2D eigenvalue weighted by Gasteiger charge is 2.03. The van der Waals surface area contributed by atoms with E-state index in [-0.39, 0.29) is 18.6 Å². The van der Waals surface area contributed by atoms with Crippen LogP contribution in [0.3, 0.4) is 0 Å². The third kappa shape index (κ3) is 4.85. The number of nitrogens with one attached hydrogen (secondary N) is 1. The van der Waals surface area contributed by atoms with Crippen LogP contribution in [0.4, 0.5) is 0 Å². The zero-order chi connectivity index (χ0) is 13.4. The zero-order valence-corrected chi connectivity index (χ0v) is 10.3. The van der Waals surface area contributed by atoms with Gasteiger partial charge in [0.15, 0.2) is 6.61 Å². The number of benzene rings is 1. The Balaban J connectivity index is 2.35. The lowest BCUT2D eigenvalue weighted by Gasteiger charge is -2.08. The average Bonchev–Trinajstić information content (AvgIpc) is 2.37. The summed E-state index contributed by atoms with van der Waals surface area (Å²) < 4.78 is 5.30. The molecule has 3 N–H and O–H groups in total. The Labute approximate surface area is 107 Å². The zero-order valence-electron chi connectivity index (χ0n) is 10.3. The minimum atomic E-state index is -0.235. The fourth-order valence-corrected chi connectivity index (χ4v) is 1.33. The predicted octanol–water partition coefficient (Wildman–Crippen LogP) is 1.11. The van der Waals surface area contributed by atoms with Crippen LogP contribution in [0.15, 0.2) is 24.3 Å². The molecule has 0 aliphatic carbocycles. The lowest BCUT2D eigenvalue weighted by molar-refractivity contribution is -0.123. The first kappa shape index (κ1) is 14.0. The molecule has 5 heteroatoms. The molecular weight excluding hydrogens is 230 g/mol. The molecule has 0 bridgehead atoms. The molecule has 18 heavy (non-hydrogen) atoms. The molecule has 0 saturated carbocycles. The summed E-state index contributed by atoms with van der Waals surface area (Å²) in [5, 5.41) is 10.9. The van der Waals surface area contributed by atoms with Gasteiger partial charge in [0, 0.05) is 12.6 Å². The molecule has 1 atom stereocenters. The molecule has 0 saturated heterocycles. The number of carbonyl (C=O) groups is 1. The Kier molecular flexibility index (Phi) is 5.68. The van der Waals surface area contributed by atoms with E-state index in [9.17, 15) is 4.79 Å². The normalized spacial score (nSPS) is 11.4. The second kappa shape index (κ2) is 7.30. The fourth-order valence-electron chi connectivity index (χ4n) is 1.33. The van der Waals surface area contributed by atoms with E-state index in [1.54, 1.807) is 12.1 Å². The molecule has 0 aromatic heterocycles. The van der Waals surface area contributed by atoms with Crippen LogP contribution in [0.2, 0.25) is 0 Å². The predicted molar refractivity (Wildman–Crippen MR) is 67.8 cm³/mol. The van der Waals surface area contributed by atoms with Crippen molar-refractivity contribution in [3.05, 3.63) is 29.8 Å². The van der Waals surface area contributed by atoms with Crippen LogP contribution in [-0.2, 0) is 4.79 Å². The molecule has 0 unspecified atom stereocenters. The maximum atomic E-state index is 11.3. The van der Waals surface area contributed by atoms with Gasteiger partial charge in [-0.1, -0.05) is 12.1 Å². The van der Waals surface area contributed by atoms with Crippen LogP contribution in [0.1, 0.15) is 24.9 Å². The summed E-state index contributed by atoms with van der Waals surface area (Å²) in [6.45, 7) is 2.20. The topological polar surface area (TPSA) is 88.1 Å².